The molecule has 1 aromatic rings. The zero-order chi connectivity index (χ0) is 16.0. The number of carbonyl (C=O) groups is 3. The van der Waals surface area contributed by atoms with E-state index in [0.717, 1.165) is 4.90 Å². The average Bonchev–Trinajstić information content (AvgIpc) is 2.37. The van der Waals surface area contributed by atoms with E-state index in [1.807, 2.05) is 6.07 Å². The Hall–Kier alpha value is -2.60. The molecular formula is C12H11BrN4O4. The van der Waals surface area contributed by atoms with Crippen LogP contribution in [0.5, 0.6) is 0 Å². The summed E-state index contributed by atoms with van der Waals surface area (Å²) in [5, 5.41) is 20.1. The maximum absolute atomic E-state index is 12.0. The summed E-state index contributed by atoms with van der Waals surface area (Å²) in [7, 11) is 0. The highest BCUT2D eigenvalue weighted by Gasteiger charge is 2.19. The molecule has 9 heteroatoms. The fraction of sp³-hybridized carbons (Fsp3) is 0.167. The van der Waals surface area contributed by atoms with E-state index >= 15 is 0 Å². The number of nitrogens with zero attached hydrogens (tertiary/aromatic N) is 2. The second-order valence-corrected chi connectivity index (χ2v) is 4.86. The molecule has 0 aliphatic rings. The van der Waals surface area contributed by atoms with Crippen molar-refractivity contribution >= 4 is 39.5 Å². The molecule has 1 rings (SSSR count). The first kappa shape index (κ1) is 16.5. The first-order valence-electron chi connectivity index (χ1n) is 5.59. The van der Waals surface area contributed by atoms with Gasteiger partial charge in [-0.2, -0.15) is 5.26 Å². The minimum atomic E-state index is -1.29. The Balaban J connectivity index is 2.96. The highest BCUT2D eigenvalue weighted by atomic mass is 79.9. The summed E-state index contributed by atoms with van der Waals surface area (Å²) in [6, 6.07) is 5.63. The van der Waals surface area contributed by atoms with Gasteiger partial charge in [0.25, 0.3) is 0 Å². The van der Waals surface area contributed by atoms with Crippen molar-refractivity contribution in [2.45, 2.75) is 0 Å². The SMILES string of the molecule is N#Cc1ccc(Br)cc1NC(=O)N(CC(N)=O)CC(=O)O. The van der Waals surface area contributed by atoms with Gasteiger partial charge >= 0.3 is 12.0 Å². The van der Waals surface area contributed by atoms with Gasteiger partial charge in [-0.25, -0.2) is 4.79 Å². The van der Waals surface area contributed by atoms with Crippen molar-refractivity contribution in [1.29, 1.82) is 5.26 Å². The lowest BCUT2D eigenvalue weighted by atomic mass is 10.2. The average molecular weight is 355 g/mol. The number of halogens is 1. The Morgan fingerprint density at radius 2 is 2.05 bits per heavy atom. The normalized spacial score (nSPS) is 9.52. The summed E-state index contributed by atoms with van der Waals surface area (Å²) in [5.74, 6) is -2.14. The zero-order valence-corrected chi connectivity index (χ0v) is 12.3. The number of carbonyl (C=O) groups excluding carboxylic acids is 2. The third-order valence-electron chi connectivity index (χ3n) is 2.30. The summed E-state index contributed by atoms with van der Waals surface area (Å²) in [6.45, 7) is -1.24. The molecule has 0 spiro atoms. The zero-order valence-electron chi connectivity index (χ0n) is 10.7. The van der Waals surface area contributed by atoms with Gasteiger partial charge in [0.1, 0.15) is 19.2 Å². The number of nitrogens with one attached hydrogen (secondary N) is 1. The van der Waals surface area contributed by atoms with Crippen molar-refractivity contribution in [3.63, 3.8) is 0 Å². The Bertz CT molecular complexity index is 610. The molecule has 0 bridgehead atoms. The van der Waals surface area contributed by atoms with Crippen molar-refractivity contribution in [2.24, 2.45) is 5.73 Å². The maximum Gasteiger partial charge on any atom is 0.323 e. The van der Waals surface area contributed by atoms with Gasteiger partial charge in [0.05, 0.1) is 11.3 Å². The molecule has 0 aromatic heterocycles. The predicted molar refractivity (Wildman–Crippen MR) is 76.3 cm³/mol. The topological polar surface area (TPSA) is 137 Å². The fourth-order valence-corrected chi connectivity index (χ4v) is 1.82. The van der Waals surface area contributed by atoms with E-state index in [0.29, 0.717) is 4.47 Å². The molecule has 0 atom stereocenters. The molecule has 3 amide bonds. The van der Waals surface area contributed by atoms with Crippen molar-refractivity contribution in [1.82, 2.24) is 4.90 Å². The van der Waals surface area contributed by atoms with Crippen LogP contribution in [0.4, 0.5) is 10.5 Å². The number of nitriles is 1. The Morgan fingerprint density at radius 1 is 1.38 bits per heavy atom. The number of hydrogen-bond donors (Lipinski definition) is 3. The van der Waals surface area contributed by atoms with Gasteiger partial charge < -0.3 is 21.1 Å². The largest absolute Gasteiger partial charge is 0.480 e. The molecule has 0 fully saturated rings. The van der Waals surface area contributed by atoms with Crippen LogP contribution in [0.1, 0.15) is 5.56 Å². The van der Waals surface area contributed by atoms with Crippen LogP contribution in [0.25, 0.3) is 0 Å². The first-order chi connectivity index (χ1) is 9.83. The number of primary amides is 1. The molecule has 4 N–H and O–H groups in total. The van der Waals surface area contributed by atoms with Gasteiger partial charge in [0.2, 0.25) is 5.91 Å². The van der Waals surface area contributed by atoms with Gasteiger partial charge in [-0.15, -0.1) is 0 Å². The summed E-state index contributed by atoms with van der Waals surface area (Å²) in [4.78, 5) is 34.3. The Morgan fingerprint density at radius 3 is 2.57 bits per heavy atom. The summed E-state index contributed by atoms with van der Waals surface area (Å²) in [5.41, 5.74) is 5.35. The Labute approximate surface area is 128 Å². The van der Waals surface area contributed by atoms with Gasteiger partial charge in [-0.05, 0) is 18.2 Å². The third kappa shape index (κ3) is 5.12. The van der Waals surface area contributed by atoms with Crippen LogP contribution < -0.4 is 11.1 Å². The second kappa shape index (κ2) is 7.25. The van der Waals surface area contributed by atoms with Crippen molar-refractivity contribution in [3.8, 4) is 6.07 Å². The van der Waals surface area contributed by atoms with Gasteiger partial charge in [-0.3, -0.25) is 9.59 Å². The third-order valence-corrected chi connectivity index (χ3v) is 2.80. The highest BCUT2D eigenvalue weighted by Crippen LogP contribution is 2.21. The van der Waals surface area contributed by atoms with E-state index in [1.54, 1.807) is 6.07 Å². The van der Waals surface area contributed by atoms with Crippen LogP contribution in [-0.2, 0) is 9.59 Å². The number of amides is 3. The van der Waals surface area contributed by atoms with E-state index in [1.165, 1.54) is 12.1 Å². The number of carboxylic acids is 1. The van der Waals surface area contributed by atoms with E-state index in [4.69, 9.17) is 16.1 Å². The van der Waals surface area contributed by atoms with Gasteiger partial charge in [-0.1, -0.05) is 15.9 Å². The molecule has 0 aliphatic carbocycles. The number of aliphatic carboxylic acids is 1. The monoisotopic (exact) mass is 354 g/mol. The van der Waals surface area contributed by atoms with Crippen LogP contribution in [0.15, 0.2) is 22.7 Å². The van der Waals surface area contributed by atoms with E-state index in [2.05, 4.69) is 21.2 Å². The van der Waals surface area contributed by atoms with Crippen molar-refractivity contribution in [2.75, 3.05) is 18.4 Å². The quantitative estimate of drug-likeness (QED) is 0.715. The van der Waals surface area contributed by atoms with Crippen LogP contribution in [0.2, 0.25) is 0 Å². The number of nitrogens with two attached hydrogens (primary N) is 1. The molecule has 110 valence electrons. The molecule has 21 heavy (non-hydrogen) atoms. The lowest BCUT2D eigenvalue weighted by molar-refractivity contribution is -0.137. The second-order valence-electron chi connectivity index (χ2n) is 3.95. The van der Waals surface area contributed by atoms with Crippen molar-refractivity contribution in [3.05, 3.63) is 28.2 Å². The molecular weight excluding hydrogens is 344 g/mol. The van der Waals surface area contributed by atoms with Gasteiger partial charge in [0, 0.05) is 4.47 Å². The first-order valence-corrected chi connectivity index (χ1v) is 6.38. The minimum absolute atomic E-state index is 0.191. The molecule has 0 radical (unpaired) electrons. The molecule has 0 saturated heterocycles. The number of hydrogen-bond acceptors (Lipinski definition) is 4. The molecule has 8 nitrogen and oxygen atoms in total. The molecule has 0 unspecified atom stereocenters. The predicted octanol–water partition coefficient (Wildman–Crippen LogP) is 0.725. The number of carboxylic acid groups (broad SMARTS) is 1. The number of anilines is 1. The summed E-state index contributed by atoms with van der Waals surface area (Å²) in [6.07, 6.45) is 0. The minimum Gasteiger partial charge on any atom is -0.480 e. The standard InChI is InChI=1S/C12H11BrN4O4/c13-8-2-1-7(4-14)9(3-8)16-12(21)17(5-10(15)18)6-11(19)20/h1-3H,5-6H2,(H2,15,18)(H,16,21)(H,19,20). The molecule has 0 heterocycles. The summed E-state index contributed by atoms with van der Waals surface area (Å²) >= 11 is 3.19. The van der Waals surface area contributed by atoms with Crippen LogP contribution in [-0.4, -0.2) is 41.0 Å². The number of rotatable bonds is 5. The molecule has 1 aromatic carbocycles. The van der Waals surface area contributed by atoms with E-state index in [9.17, 15) is 14.4 Å². The maximum atomic E-state index is 12.0. The van der Waals surface area contributed by atoms with Crippen LogP contribution in [0, 0.1) is 11.3 Å². The molecule has 0 aliphatic heterocycles. The van der Waals surface area contributed by atoms with Crippen LogP contribution >= 0.6 is 15.9 Å². The Kier molecular flexibility index (Phi) is 5.68. The van der Waals surface area contributed by atoms with Crippen LogP contribution in [0.3, 0.4) is 0 Å². The summed E-state index contributed by atoms with van der Waals surface area (Å²) < 4.78 is 0.622. The van der Waals surface area contributed by atoms with Crippen molar-refractivity contribution < 1.29 is 19.5 Å². The molecule has 0 saturated carbocycles. The smallest absolute Gasteiger partial charge is 0.323 e. The fourth-order valence-electron chi connectivity index (χ4n) is 1.46. The lowest BCUT2D eigenvalue weighted by Crippen LogP contribution is -2.43. The van der Waals surface area contributed by atoms with E-state index in [-0.39, 0.29) is 11.3 Å². The number of benzene rings is 1. The highest BCUT2D eigenvalue weighted by molar-refractivity contribution is 9.10. The number of urea groups is 1. The van der Waals surface area contributed by atoms with Gasteiger partial charge in [0.15, 0.2) is 0 Å². The van der Waals surface area contributed by atoms with E-state index < -0.39 is 31.0 Å². The lowest BCUT2D eigenvalue weighted by Gasteiger charge is -2.20.